The molecule has 0 saturated carbocycles. The highest BCUT2D eigenvalue weighted by Gasteiger charge is 2.34. The van der Waals surface area contributed by atoms with E-state index in [1.165, 1.54) is 25.1 Å². The van der Waals surface area contributed by atoms with Gasteiger partial charge < -0.3 is 5.32 Å². The van der Waals surface area contributed by atoms with Crippen LogP contribution in [0, 0.1) is 11.6 Å². The Balaban J connectivity index is 2.31. The normalized spacial score (nSPS) is 13.0. The average Bonchev–Trinajstić information content (AvgIpc) is 2.41. The Hall–Kier alpha value is -2.11. The van der Waals surface area contributed by atoms with Crippen molar-refractivity contribution in [1.29, 1.82) is 0 Å². The van der Waals surface area contributed by atoms with Crippen LogP contribution in [0.1, 0.15) is 24.1 Å². The zero-order valence-electron chi connectivity index (χ0n) is 11.0. The smallest absolute Gasteiger partial charge is 0.376 e. The number of nitrogens with one attached hydrogen (secondary N) is 1. The van der Waals surface area contributed by atoms with Crippen molar-refractivity contribution in [3.8, 4) is 0 Å². The third-order valence-corrected chi connectivity index (χ3v) is 3.04. The molecule has 0 aliphatic carbocycles. The Kier molecular flexibility index (Phi) is 4.16. The molecule has 6 heteroatoms. The predicted molar refractivity (Wildman–Crippen MR) is 69.8 cm³/mol. The fourth-order valence-electron chi connectivity index (χ4n) is 2.05. The quantitative estimate of drug-likeness (QED) is 0.772. The summed E-state index contributed by atoms with van der Waals surface area (Å²) in [5.41, 5.74) is -0.845. The largest absolute Gasteiger partial charge is 0.416 e. The molecule has 0 bridgehead atoms. The van der Waals surface area contributed by atoms with Gasteiger partial charge in [0.2, 0.25) is 0 Å². The number of hydrogen-bond acceptors (Lipinski definition) is 1. The highest BCUT2D eigenvalue weighted by Crippen LogP contribution is 2.35. The maximum Gasteiger partial charge on any atom is 0.416 e. The van der Waals surface area contributed by atoms with Gasteiger partial charge in [0.15, 0.2) is 0 Å². The maximum atomic E-state index is 13.5. The van der Waals surface area contributed by atoms with E-state index in [2.05, 4.69) is 5.32 Å². The SMILES string of the molecule is CC(Nc1ccc(F)cc1F)c1ccccc1C(F)(F)F. The van der Waals surface area contributed by atoms with Crippen LogP contribution in [0.15, 0.2) is 42.5 Å². The lowest BCUT2D eigenvalue weighted by Gasteiger charge is -2.20. The molecule has 2 aromatic carbocycles. The lowest BCUT2D eigenvalue weighted by molar-refractivity contribution is -0.138. The fraction of sp³-hybridized carbons (Fsp3) is 0.200. The Bertz CT molecular complexity index is 636. The third-order valence-electron chi connectivity index (χ3n) is 3.04. The predicted octanol–water partition coefficient (Wildman–Crippen LogP) is 5.16. The number of benzene rings is 2. The second kappa shape index (κ2) is 5.71. The van der Waals surface area contributed by atoms with Crippen LogP contribution in [-0.2, 0) is 6.18 Å². The molecule has 1 atom stereocenters. The van der Waals surface area contributed by atoms with Gasteiger partial charge in [-0.2, -0.15) is 13.2 Å². The van der Waals surface area contributed by atoms with Crippen molar-refractivity contribution in [2.24, 2.45) is 0 Å². The van der Waals surface area contributed by atoms with Gasteiger partial charge in [0.25, 0.3) is 0 Å². The van der Waals surface area contributed by atoms with E-state index in [9.17, 15) is 22.0 Å². The first-order valence-corrected chi connectivity index (χ1v) is 6.16. The van der Waals surface area contributed by atoms with Crippen LogP contribution < -0.4 is 5.32 Å². The van der Waals surface area contributed by atoms with E-state index in [4.69, 9.17) is 0 Å². The van der Waals surface area contributed by atoms with E-state index in [0.29, 0.717) is 6.07 Å². The van der Waals surface area contributed by atoms with Gasteiger partial charge in [0.1, 0.15) is 11.6 Å². The molecule has 21 heavy (non-hydrogen) atoms. The average molecular weight is 301 g/mol. The first kappa shape index (κ1) is 15.3. The fourth-order valence-corrected chi connectivity index (χ4v) is 2.05. The molecular weight excluding hydrogens is 289 g/mol. The minimum Gasteiger partial charge on any atom is -0.376 e. The monoisotopic (exact) mass is 301 g/mol. The highest BCUT2D eigenvalue weighted by atomic mass is 19.4. The van der Waals surface area contributed by atoms with Gasteiger partial charge >= 0.3 is 6.18 Å². The minimum absolute atomic E-state index is 0.00581. The molecule has 1 nitrogen and oxygen atoms in total. The Morgan fingerprint density at radius 1 is 1.00 bits per heavy atom. The van der Waals surface area contributed by atoms with Crippen LogP contribution >= 0.6 is 0 Å². The number of alkyl halides is 3. The summed E-state index contributed by atoms with van der Waals surface area (Å²) in [4.78, 5) is 0. The van der Waals surface area contributed by atoms with Gasteiger partial charge in [0.05, 0.1) is 11.3 Å². The molecule has 0 radical (unpaired) electrons. The van der Waals surface area contributed by atoms with E-state index in [-0.39, 0.29) is 11.3 Å². The zero-order chi connectivity index (χ0) is 15.6. The van der Waals surface area contributed by atoms with Crippen LogP contribution in [0.25, 0.3) is 0 Å². The van der Waals surface area contributed by atoms with Crippen molar-refractivity contribution < 1.29 is 22.0 Å². The third kappa shape index (κ3) is 3.51. The molecule has 0 heterocycles. The summed E-state index contributed by atoms with van der Waals surface area (Å²) in [5.74, 6) is -1.60. The van der Waals surface area contributed by atoms with E-state index < -0.39 is 29.4 Å². The highest BCUT2D eigenvalue weighted by molar-refractivity contribution is 5.48. The summed E-state index contributed by atoms with van der Waals surface area (Å²) in [7, 11) is 0. The zero-order valence-corrected chi connectivity index (χ0v) is 11.0. The van der Waals surface area contributed by atoms with Crippen LogP contribution in [0.4, 0.5) is 27.6 Å². The summed E-state index contributed by atoms with van der Waals surface area (Å²) in [6, 6.07) is 7.12. The summed E-state index contributed by atoms with van der Waals surface area (Å²) in [6.45, 7) is 1.48. The molecule has 0 amide bonds. The number of rotatable bonds is 3. The lowest BCUT2D eigenvalue weighted by Crippen LogP contribution is -2.15. The van der Waals surface area contributed by atoms with Crippen molar-refractivity contribution in [2.75, 3.05) is 5.32 Å². The Labute approximate surface area is 118 Å². The van der Waals surface area contributed by atoms with Crippen molar-refractivity contribution in [3.05, 3.63) is 65.2 Å². The van der Waals surface area contributed by atoms with E-state index in [1.54, 1.807) is 0 Å². The Morgan fingerprint density at radius 3 is 2.29 bits per heavy atom. The second-order valence-electron chi connectivity index (χ2n) is 4.58. The molecule has 2 aromatic rings. The summed E-state index contributed by atoms with van der Waals surface area (Å²) >= 11 is 0. The summed E-state index contributed by atoms with van der Waals surface area (Å²) < 4.78 is 65.1. The van der Waals surface area contributed by atoms with Gasteiger partial charge in [0, 0.05) is 12.1 Å². The van der Waals surface area contributed by atoms with Crippen molar-refractivity contribution in [2.45, 2.75) is 19.1 Å². The van der Waals surface area contributed by atoms with Crippen molar-refractivity contribution in [1.82, 2.24) is 0 Å². The van der Waals surface area contributed by atoms with Gasteiger partial charge in [-0.25, -0.2) is 8.78 Å². The van der Waals surface area contributed by atoms with Crippen LogP contribution in [0.3, 0.4) is 0 Å². The molecule has 112 valence electrons. The molecular formula is C15H12F5N. The van der Waals surface area contributed by atoms with E-state index in [1.807, 2.05) is 0 Å². The van der Waals surface area contributed by atoms with Crippen LogP contribution in [-0.4, -0.2) is 0 Å². The molecule has 0 aliphatic heterocycles. The molecule has 0 spiro atoms. The van der Waals surface area contributed by atoms with Crippen molar-refractivity contribution >= 4 is 5.69 Å². The van der Waals surface area contributed by atoms with Crippen LogP contribution in [0.2, 0.25) is 0 Å². The first-order valence-electron chi connectivity index (χ1n) is 6.16. The second-order valence-corrected chi connectivity index (χ2v) is 4.58. The number of anilines is 1. The first-order chi connectivity index (χ1) is 9.79. The summed E-state index contributed by atoms with van der Waals surface area (Å²) in [6.07, 6.45) is -4.49. The van der Waals surface area contributed by atoms with E-state index in [0.717, 1.165) is 18.2 Å². The van der Waals surface area contributed by atoms with E-state index >= 15 is 0 Å². The van der Waals surface area contributed by atoms with Crippen LogP contribution in [0.5, 0.6) is 0 Å². The molecule has 0 saturated heterocycles. The van der Waals surface area contributed by atoms with Gasteiger partial charge in [-0.3, -0.25) is 0 Å². The minimum atomic E-state index is -4.49. The molecule has 1 unspecified atom stereocenters. The van der Waals surface area contributed by atoms with Crippen molar-refractivity contribution in [3.63, 3.8) is 0 Å². The molecule has 0 aromatic heterocycles. The lowest BCUT2D eigenvalue weighted by atomic mass is 10.0. The summed E-state index contributed by atoms with van der Waals surface area (Å²) in [5, 5.41) is 2.62. The topological polar surface area (TPSA) is 12.0 Å². The molecule has 2 rings (SSSR count). The van der Waals surface area contributed by atoms with Gasteiger partial charge in [-0.1, -0.05) is 18.2 Å². The van der Waals surface area contributed by atoms with Gasteiger partial charge in [-0.05, 0) is 30.7 Å². The number of hydrogen-bond donors (Lipinski definition) is 1. The molecule has 0 fully saturated rings. The van der Waals surface area contributed by atoms with Gasteiger partial charge in [-0.15, -0.1) is 0 Å². The standard InChI is InChI=1S/C15H12F5N/c1-9(21-14-7-6-10(16)8-13(14)17)11-4-2-3-5-12(11)15(18,19)20/h2-9,21H,1H3. The maximum absolute atomic E-state index is 13.5. The number of halogens is 5. The Morgan fingerprint density at radius 2 is 1.67 bits per heavy atom. The molecule has 0 aliphatic rings. The molecule has 1 N–H and O–H groups in total.